The normalized spacial score (nSPS) is 19.6. The second-order valence-corrected chi connectivity index (χ2v) is 5.41. The van der Waals surface area contributed by atoms with Crippen molar-refractivity contribution in [3.05, 3.63) is 34.9 Å². The number of nitrogens with zero attached hydrogens (tertiary/aromatic N) is 1. The van der Waals surface area contributed by atoms with Crippen LogP contribution in [0, 0.1) is 0 Å². The van der Waals surface area contributed by atoms with E-state index in [4.69, 9.17) is 11.6 Å². The summed E-state index contributed by atoms with van der Waals surface area (Å²) in [5.41, 5.74) is 0.427. The number of hydrogen-bond acceptors (Lipinski definition) is 4. The molecule has 2 rings (SSSR count). The standard InChI is InChI=1S/C14H18ClN3O2/c1-10-8-18(7-6-16-10)9-13(19)17-14(20)11-2-4-12(15)5-3-11/h2-5,10,16H,6-9H2,1H3,(H,17,19,20). The zero-order valence-corrected chi connectivity index (χ0v) is 12.1. The van der Waals surface area contributed by atoms with Gasteiger partial charge in [0.2, 0.25) is 5.91 Å². The lowest BCUT2D eigenvalue weighted by molar-refractivity contribution is -0.121. The van der Waals surface area contributed by atoms with Gasteiger partial charge >= 0.3 is 0 Å². The minimum atomic E-state index is -0.394. The molecule has 1 aliphatic rings. The number of halogens is 1. The molecule has 6 heteroatoms. The number of amides is 2. The van der Waals surface area contributed by atoms with Crippen molar-refractivity contribution in [2.24, 2.45) is 0 Å². The molecule has 2 N–H and O–H groups in total. The van der Waals surface area contributed by atoms with Gasteiger partial charge in [0, 0.05) is 36.3 Å². The maximum atomic E-state index is 11.9. The van der Waals surface area contributed by atoms with Crippen LogP contribution in [0.2, 0.25) is 5.02 Å². The Morgan fingerprint density at radius 1 is 1.40 bits per heavy atom. The third-order valence-corrected chi connectivity index (χ3v) is 3.43. The Hall–Kier alpha value is -1.43. The van der Waals surface area contributed by atoms with E-state index in [9.17, 15) is 9.59 Å². The first-order chi connectivity index (χ1) is 9.54. The minimum Gasteiger partial charge on any atom is -0.312 e. The summed E-state index contributed by atoms with van der Waals surface area (Å²) in [6.45, 7) is 4.79. The van der Waals surface area contributed by atoms with E-state index in [2.05, 4.69) is 17.6 Å². The number of nitrogens with one attached hydrogen (secondary N) is 2. The quantitative estimate of drug-likeness (QED) is 0.869. The SMILES string of the molecule is CC1CN(CC(=O)NC(=O)c2ccc(Cl)cc2)CCN1. The molecule has 2 amide bonds. The van der Waals surface area contributed by atoms with Crippen molar-refractivity contribution in [3.63, 3.8) is 0 Å². The molecule has 0 aromatic heterocycles. The summed E-state index contributed by atoms with van der Waals surface area (Å²) in [5, 5.41) is 6.26. The number of rotatable bonds is 3. The zero-order chi connectivity index (χ0) is 14.5. The van der Waals surface area contributed by atoms with E-state index >= 15 is 0 Å². The number of piperazine rings is 1. The summed E-state index contributed by atoms with van der Waals surface area (Å²) >= 11 is 5.75. The van der Waals surface area contributed by atoms with E-state index < -0.39 is 5.91 Å². The Bertz CT molecular complexity index is 490. The molecule has 1 aliphatic heterocycles. The predicted molar refractivity (Wildman–Crippen MR) is 77.8 cm³/mol. The Morgan fingerprint density at radius 2 is 2.10 bits per heavy atom. The average Bonchev–Trinajstić information content (AvgIpc) is 2.39. The van der Waals surface area contributed by atoms with Crippen molar-refractivity contribution in [2.45, 2.75) is 13.0 Å². The first kappa shape index (κ1) is 15.0. The molecular formula is C14H18ClN3O2. The van der Waals surface area contributed by atoms with E-state index in [-0.39, 0.29) is 12.5 Å². The number of imide groups is 1. The molecule has 0 spiro atoms. The van der Waals surface area contributed by atoms with Crippen molar-refractivity contribution in [2.75, 3.05) is 26.2 Å². The van der Waals surface area contributed by atoms with Gasteiger partial charge in [0.1, 0.15) is 0 Å². The second-order valence-electron chi connectivity index (χ2n) is 4.97. The number of carbonyl (C=O) groups is 2. The van der Waals surface area contributed by atoms with Gasteiger partial charge in [-0.05, 0) is 31.2 Å². The second kappa shape index (κ2) is 6.83. The summed E-state index contributed by atoms with van der Waals surface area (Å²) in [7, 11) is 0. The molecule has 0 saturated carbocycles. The van der Waals surface area contributed by atoms with Crippen LogP contribution in [0.5, 0.6) is 0 Å². The Balaban J connectivity index is 1.84. The summed E-state index contributed by atoms with van der Waals surface area (Å²) in [6, 6.07) is 6.80. The molecule has 1 saturated heterocycles. The van der Waals surface area contributed by atoms with Gasteiger partial charge in [-0.3, -0.25) is 19.8 Å². The highest BCUT2D eigenvalue weighted by Crippen LogP contribution is 2.09. The van der Waals surface area contributed by atoms with Crippen LogP contribution in [0.3, 0.4) is 0 Å². The number of carbonyl (C=O) groups excluding carboxylic acids is 2. The zero-order valence-electron chi connectivity index (χ0n) is 11.4. The molecule has 1 fully saturated rings. The van der Waals surface area contributed by atoms with Gasteiger partial charge in [-0.1, -0.05) is 11.6 Å². The fourth-order valence-corrected chi connectivity index (χ4v) is 2.32. The van der Waals surface area contributed by atoms with E-state index in [0.717, 1.165) is 19.6 Å². The molecule has 1 unspecified atom stereocenters. The molecule has 0 radical (unpaired) electrons. The molecule has 1 atom stereocenters. The largest absolute Gasteiger partial charge is 0.312 e. The fourth-order valence-electron chi connectivity index (χ4n) is 2.20. The molecule has 1 heterocycles. The molecule has 1 aromatic rings. The molecule has 5 nitrogen and oxygen atoms in total. The third-order valence-electron chi connectivity index (χ3n) is 3.18. The third kappa shape index (κ3) is 4.30. The lowest BCUT2D eigenvalue weighted by Gasteiger charge is -2.31. The van der Waals surface area contributed by atoms with Crippen LogP contribution < -0.4 is 10.6 Å². The van der Waals surface area contributed by atoms with Crippen molar-refractivity contribution in [1.29, 1.82) is 0 Å². The molecule has 20 heavy (non-hydrogen) atoms. The van der Waals surface area contributed by atoms with Crippen molar-refractivity contribution >= 4 is 23.4 Å². The summed E-state index contributed by atoms with van der Waals surface area (Å²) in [4.78, 5) is 25.7. The average molecular weight is 296 g/mol. The van der Waals surface area contributed by atoms with E-state index in [0.29, 0.717) is 16.6 Å². The van der Waals surface area contributed by atoms with Crippen molar-refractivity contribution in [3.8, 4) is 0 Å². The molecule has 1 aromatic carbocycles. The highest BCUT2D eigenvalue weighted by molar-refractivity contribution is 6.30. The maximum absolute atomic E-state index is 11.9. The van der Waals surface area contributed by atoms with Crippen LogP contribution >= 0.6 is 11.6 Å². The Morgan fingerprint density at radius 3 is 2.75 bits per heavy atom. The molecule has 0 aliphatic carbocycles. The number of hydrogen-bond donors (Lipinski definition) is 2. The lowest BCUT2D eigenvalue weighted by atomic mass is 10.2. The number of benzene rings is 1. The van der Waals surface area contributed by atoms with Crippen LogP contribution in [-0.4, -0.2) is 48.9 Å². The summed E-state index contributed by atoms with van der Waals surface area (Å²) in [5.74, 6) is -0.672. The molecule has 108 valence electrons. The van der Waals surface area contributed by atoms with Crippen molar-refractivity contribution < 1.29 is 9.59 Å². The topological polar surface area (TPSA) is 61.4 Å². The van der Waals surface area contributed by atoms with E-state index in [1.54, 1.807) is 24.3 Å². The van der Waals surface area contributed by atoms with Crippen LogP contribution in [0.1, 0.15) is 17.3 Å². The van der Waals surface area contributed by atoms with Crippen LogP contribution in [-0.2, 0) is 4.79 Å². The molecular weight excluding hydrogens is 278 g/mol. The predicted octanol–water partition coefficient (Wildman–Crippen LogP) is 0.890. The van der Waals surface area contributed by atoms with Crippen molar-refractivity contribution in [1.82, 2.24) is 15.5 Å². The highest BCUT2D eigenvalue weighted by atomic mass is 35.5. The first-order valence-electron chi connectivity index (χ1n) is 6.60. The van der Waals surface area contributed by atoms with Gasteiger partial charge in [-0.25, -0.2) is 0 Å². The van der Waals surface area contributed by atoms with Crippen LogP contribution in [0.25, 0.3) is 0 Å². The van der Waals surface area contributed by atoms with E-state index in [1.165, 1.54) is 0 Å². The fraction of sp³-hybridized carbons (Fsp3) is 0.429. The van der Waals surface area contributed by atoms with Gasteiger partial charge in [0.25, 0.3) is 5.91 Å². The van der Waals surface area contributed by atoms with Gasteiger partial charge in [0.05, 0.1) is 6.54 Å². The van der Waals surface area contributed by atoms with Crippen LogP contribution in [0.4, 0.5) is 0 Å². The monoisotopic (exact) mass is 295 g/mol. The van der Waals surface area contributed by atoms with Crippen LogP contribution in [0.15, 0.2) is 24.3 Å². The molecule has 0 bridgehead atoms. The smallest absolute Gasteiger partial charge is 0.257 e. The minimum absolute atomic E-state index is 0.241. The lowest BCUT2D eigenvalue weighted by Crippen LogP contribution is -2.52. The Labute approximate surface area is 123 Å². The van der Waals surface area contributed by atoms with Gasteiger partial charge in [0.15, 0.2) is 0 Å². The maximum Gasteiger partial charge on any atom is 0.257 e. The highest BCUT2D eigenvalue weighted by Gasteiger charge is 2.19. The van der Waals surface area contributed by atoms with Gasteiger partial charge in [-0.2, -0.15) is 0 Å². The first-order valence-corrected chi connectivity index (χ1v) is 6.98. The van der Waals surface area contributed by atoms with E-state index in [1.807, 2.05) is 4.90 Å². The summed E-state index contributed by atoms with van der Waals surface area (Å²) in [6.07, 6.45) is 0. The van der Waals surface area contributed by atoms with Gasteiger partial charge in [-0.15, -0.1) is 0 Å². The summed E-state index contributed by atoms with van der Waals surface area (Å²) < 4.78 is 0. The Kier molecular flexibility index (Phi) is 5.11. The van der Waals surface area contributed by atoms with Gasteiger partial charge < -0.3 is 5.32 Å².